The van der Waals surface area contributed by atoms with Crippen molar-refractivity contribution in [2.75, 3.05) is 0 Å². The van der Waals surface area contributed by atoms with Gasteiger partial charge in [0.1, 0.15) is 0 Å². The smallest absolute Gasteiger partial charge is 0.399 e. The predicted molar refractivity (Wildman–Crippen MR) is 491 cm³/mol. The largest absolute Gasteiger partial charge is 0.494 e. The minimum atomic E-state index is -0.352. The van der Waals surface area contributed by atoms with Crippen molar-refractivity contribution < 1.29 is 9.31 Å². The zero-order chi connectivity index (χ0) is 75.7. The molecule has 1 aliphatic heterocycles. The Balaban J connectivity index is 0.000000116. The molecule has 3 aliphatic rings. The van der Waals surface area contributed by atoms with Gasteiger partial charge in [-0.05, 0) is 313 Å². The van der Waals surface area contributed by atoms with E-state index >= 15 is 0 Å². The van der Waals surface area contributed by atoms with Crippen LogP contribution in [-0.2, 0) is 20.1 Å². The van der Waals surface area contributed by atoms with Crippen LogP contribution in [0.4, 0.5) is 0 Å². The van der Waals surface area contributed by atoms with Gasteiger partial charge >= 0.3 is 7.12 Å². The Morgan fingerprint density at radius 2 is 0.504 bits per heavy atom. The van der Waals surface area contributed by atoms with E-state index in [1.54, 1.807) is 0 Å². The Bertz CT molecular complexity index is 7410. The van der Waals surface area contributed by atoms with Gasteiger partial charge in [-0.15, -0.1) is 0 Å². The summed E-state index contributed by atoms with van der Waals surface area (Å²) >= 11 is 3.56. The number of benzene rings is 20. The van der Waals surface area contributed by atoms with Gasteiger partial charge in [-0.1, -0.05) is 318 Å². The van der Waals surface area contributed by atoms with Gasteiger partial charge < -0.3 is 9.31 Å². The van der Waals surface area contributed by atoms with Crippen LogP contribution in [0.25, 0.3) is 185 Å². The summed E-state index contributed by atoms with van der Waals surface area (Å²) in [7, 11) is -0.352. The molecule has 23 rings (SSSR count). The molecular formula is C109H84BBrO2. The second-order valence-electron chi connectivity index (χ2n) is 33.5. The summed E-state index contributed by atoms with van der Waals surface area (Å²) in [6, 6.07) is 126. The Labute approximate surface area is 669 Å². The maximum absolute atomic E-state index is 6.34. The van der Waals surface area contributed by atoms with Crippen LogP contribution < -0.4 is 5.46 Å². The van der Waals surface area contributed by atoms with Gasteiger partial charge in [0.05, 0.1) is 11.2 Å². The standard InChI is InChI=1S/C51H34.C29H29BO2.C28H17Br.CH4/c1-51(2)49-10-6-5-9-44(49)48-29-40-20-13-32-11-14-39(28-46(32)47(40)30-50(48)51)37-19-17-34-25-36(18-16-35(34)26-37)38-15-12-33-22-23-42-41-8-4-3-7-31(41)21-24-43(42)45(33)27-38;1-27(2)25-10-8-7-9-21(25)24-15-19-12-11-18-13-14-20(16-22(18)23(19)17-26(24)27)30-31-28(3,4)29(5,6)32-30;29-24-12-9-21-15-20(7-8-22(21)16-24)23-6-5-19-11-13-26-25-4-2-1-3-18(25)10-14-27(26)28(19)17-23;/h3-30H,1-2H3;7-17H,1-6H3;1-17H;1H4. The molecule has 0 N–H and O–H groups in total. The second kappa shape index (κ2) is 26.3. The maximum atomic E-state index is 6.34. The fourth-order valence-electron chi connectivity index (χ4n) is 18.8. The third-order valence-electron chi connectivity index (χ3n) is 25.8. The number of halogens is 1. The van der Waals surface area contributed by atoms with E-state index in [2.05, 4.69) is 411 Å². The van der Waals surface area contributed by atoms with E-state index in [4.69, 9.17) is 9.31 Å². The molecule has 0 radical (unpaired) electrons. The van der Waals surface area contributed by atoms with Gasteiger partial charge in [0.15, 0.2) is 0 Å². The van der Waals surface area contributed by atoms with Crippen LogP contribution in [0.2, 0.25) is 0 Å². The van der Waals surface area contributed by atoms with Crippen LogP contribution in [0.15, 0.2) is 344 Å². The fraction of sp³-hybridized carbons (Fsp3) is 0.119. The first-order valence-corrected chi connectivity index (χ1v) is 40.1. The molecule has 542 valence electrons. The van der Waals surface area contributed by atoms with Crippen molar-refractivity contribution in [3.8, 4) is 55.6 Å². The van der Waals surface area contributed by atoms with Crippen molar-refractivity contribution in [1.82, 2.24) is 0 Å². The SMILES string of the molecule is Brc1ccc2cc(-c3ccc4ccc5c6ccccc6ccc5c4c3)ccc2c1.C.CC1(C)c2ccccc2-c2cc3ccc4ccc(-c5ccc6cc(-c7ccc8ccc9c%10ccccc%10ccc9c8c7)ccc6c5)cc4c3cc21.CC1(C)c2ccccc2-c2cc3ccc4ccc(B5OC(C)(C)C(C)(C)O5)cc4c3cc21. The highest BCUT2D eigenvalue weighted by atomic mass is 79.9. The minimum Gasteiger partial charge on any atom is -0.399 e. The zero-order valence-electron chi connectivity index (χ0n) is 64.1. The van der Waals surface area contributed by atoms with E-state index in [9.17, 15) is 0 Å². The fourth-order valence-corrected chi connectivity index (χ4v) is 19.2. The molecular weight excluding hydrogens is 1430 g/mol. The van der Waals surface area contributed by atoms with Crippen LogP contribution in [0.1, 0.15) is 85.1 Å². The molecule has 1 heterocycles. The number of fused-ring (bicyclic) bond motifs is 24. The summed E-state index contributed by atoms with van der Waals surface area (Å²) in [6.07, 6.45) is 0. The van der Waals surface area contributed by atoms with E-state index in [0.29, 0.717) is 0 Å². The summed E-state index contributed by atoms with van der Waals surface area (Å²) in [4.78, 5) is 0. The summed E-state index contributed by atoms with van der Waals surface area (Å²) in [5.41, 5.74) is 19.0. The summed E-state index contributed by atoms with van der Waals surface area (Å²) in [5.74, 6) is 0. The molecule has 0 spiro atoms. The highest BCUT2D eigenvalue weighted by Crippen LogP contribution is 2.53. The average Bonchev–Trinajstić information content (AvgIpc) is 1.58. The molecule has 113 heavy (non-hydrogen) atoms. The third-order valence-corrected chi connectivity index (χ3v) is 26.3. The topological polar surface area (TPSA) is 18.5 Å². The van der Waals surface area contributed by atoms with Crippen LogP contribution in [0, 0.1) is 0 Å². The molecule has 0 bridgehead atoms. The van der Waals surface area contributed by atoms with E-state index in [0.717, 1.165) is 9.94 Å². The zero-order valence-corrected chi connectivity index (χ0v) is 65.7. The average molecular weight is 1520 g/mol. The lowest BCUT2D eigenvalue weighted by molar-refractivity contribution is 0.00578. The molecule has 2 nitrogen and oxygen atoms in total. The normalized spacial score (nSPS) is 14.7. The van der Waals surface area contributed by atoms with Gasteiger partial charge in [0, 0.05) is 15.3 Å². The molecule has 0 saturated carbocycles. The predicted octanol–water partition coefficient (Wildman–Crippen LogP) is 30.2. The van der Waals surface area contributed by atoms with Crippen molar-refractivity contribution in [3.63, 3.8) is 0 Å². The van der Waals surface area contributed by atoms with Crippen LogP contribution in [0.3, 0.4) is 0 Å². The van der Waals surface area contributed by atoms with Crippen molar-refractivity contribution in [2.24, 2.45) is 0 Å². The Morgan fingerprint density at radius 3 is 0.938 bits per heavy atom. The lowest BCUT2D eigenvalue weighted by Crippen LogP contribution is -2.41. The maximum Gasteiger partial charge on any atom is 0.494 e. The van der Waals surface area contributed by atoms with Crippen molar-refractivity contribution in [1.29, 1.82) is 0 Å². The highest BCUT2D eigenvalue weighted by molar-refractivity contribution is 9.10. The summed E-state index contributed by atoms with van der Waals surface area (Å²) in [5, 5.41) is 30.9. The van der Waals surface area contributed by atoms with E-state index in [1.807, 2.05) is 0 Å². The Morgan fingerprint density at radius 1 is 0.212 bits per heavy atom. The number of rotatable bonds is 4. The molecule has 0 amide bonds. The van der Waals surface area contributed by atoms with Gasteiger partial charge in [0.25, 0.3) is 0 Å². The molecule has 0 aromatic heterocycles. The molecule has 1 fully saturated rings. The summed E-state index contributed by atoms with van der Waals surface area (Å²) < 4.78 is 13.8. The lowest BCUT2D eigenvalue weighted by atomic mass is 9.77. The van der Waals surface area contributed by atoms with Crippen LogP contribution in [-0.4, -0.2) is 18.3 Å². The summed E-state index contributed by atoms with van der Waals surface area (Å²) in [6.45, 7) is 17.8. The molecule has 20 aromatic carbocycles. The van der Waals surface area contributed by atoms with E-state index < -0.39 is 0 Å². The molecule has 0 unspecified atom stereocenters. The van der Waals surface area contributed by atoms with Gasteiger partial charge in [-0.2, -0.15) is 0 Å². The minimum absolute atomic E-state index is 0. The van der Waals surface area contributed by atoms with E-state index in [-0.39, 0.29) is 36.6 Å². The molecule has 0 atom stereocenters. The van der Waals surface area contributed by atoms with Crippen molar-refractivity contribution >= 4 is 158 Å². The Hall–Kier alpha value is -12.0. The van der Waals surface area contributed by atoms with E-state index in [1.165, 1.54) is 207 Å². The third kappa shape index (κ3) is 11.5. The first-order valence-electron chi connectivity index (χ1n) is 39.3. The first kappa shape index (κ1) is 70.1. The lowest BCUT2D eigenvalue weighted by Gasteiger charge is -2.32. The number of hydrogen-bond donors (Lipinski definition) is 0. The highest BCUT2D eigenvalue weighted by Gasteiger charge is 2.52. The first-order chi connectivity index (χ1) is 54.3. The van der Waals surface area contributed by atoms with Crippen LogP contribution >= 0.6 is 15.9 Å². The molecule has 2 aliphatic carbocycles. The molecule has 20 aromatic rings. The Kier molecular flexibility index (Phi) is 16.3. The van der Waals surface area contributed by atoms with Crippen molar-refractivity contribution in [2.45, 2.75) is 84.8 Å². The van der Waals surface area contributed by atoms with Gasteiger partial charge in [-0.3, -0.25) is 0 Å². The monoisotopic (exact) mass is 1510 g/mol. The van der Waals surface area contributed by atoms with Gasteiger partial charge in [-0.25, -0.2) is 0 Å². The quantitative estimate of drug-likeness (QED) is 0.129. The van der Waals surface area contributed by atoms with Crippen molar-refractivity contribution in [3.05, 3.63) is 366 Å². The second-order valence-corrected chi connectivity index (χ2v) is 34.4. The van der Waals surface area contributed by atoms with Crippen LogP contribution in [0.5, 0.6) is 0 Å². The van der Waals surface area contributed by atoms with Gasteiger partial charge in [0.2, 0.25) is 0 Å². The number of hydrogen-bond acceptors (Lipinski definition) is 2. The molecule has 4 heteroatoms. The molecule has 1 saturated heterocycles.